The van der Waals surface area contributed by atoms with E-state index < -0.39 is 0 Å². The number of benzene rings is 1. The summed E-state index contributed by atoms with van der Waals surface area (Å²) in [5, 5.41) is 21.5. The molecule has 0 saturated heterocycles. The lowest BCUT2D eigenvalue weighted by Gasteiger charge is -2.22. The minimum Gasteiger partial charge on any atom is -0.462 e. The topological polar surface area (TPSA) is 96.4 Å². The van der Waals surface area contributed by atoms with E-state index in [0.29, 0.717) is 23.8 Å². The molecule has 1 aliphatic heterocycles. The number of fused-ring (bicyclic) bond motifs is 1. The maximum absolute atomic E-state index is 13.1. The van der Waals surface area contributed by atoms with Crippen LogP contribution in [0.5, 0.6) is 0 Å². The zero-order chi connectivity index (χ0) is 24.2. The number of aliphatic hydroxyl groups is 1. The number of carbonyl (C=O) groups is 1. The zero-order valence-electron chi connectivity index (χ0n) is 20.5. The summed E-state index contributed by atoms with van der Waals surface area (Å²) < 4.78 is 7.85. The first-order valence-corrected chi connectivity index (χ1v) is 12.0. The van der Waals surface area contributed by atoms with Crippen molar-refractivity contribution in [1.29, 1.82) is 0 Å². The molecule has 1 unspecified atom stereocenters. The Morgan fingerprint density at radius 2 is 1.82 bits per heavy atom. The van der Waals surface area contributed by atoms with Crippen molar-refractivity contribution in [1.82, 2.24) is 25.0 Å². The lowest BCUT2D eigenvalue weighted by Crippen LogP contribution is -2.32. The lowest BCUT2D eigenvalue weighted by molar-refractivity contribution is 0.0928. The van der Waals surface area contributed by atoms with E-state index in [2.05, 4.69) is 44.9 Å². The van der Waals surface area contributed by atoms with Crippen molar-refractivity contribution in [2.75, 3.05) is 13.1 Å². The second-order valence-corrected chi connectivity index (χ2v) is 9.71. The van der Waals surface area contributed by atoms with Crippen LogP contribution in [-0.4, -0.2) is 43.8 Å². The molecule has 3 heterocycles. The van der Waals surface area contributed by atoms with Crippen molar-refractivity contribution in [3.63, 3.8) is 0 Å². The van der Waals surface area contributed by atoms with Gasteiger partial charge in [-0.3, -0.25) is 9.69 Å². The molecule has 182 valence electrons. The zero-order valence-corrected chi connectivity index (χ0v) is 20.5. The van der Waals surface area contributed by atoms with Crippen LogP contribution in [0.3, 0.4) is 0 Å². The number of nitrogens with zero attached hydrogens (tertiary/aromatic N) is 4. The minimum absolute atomic E-state index is 0.0810. The number of rotatable bonds is 8. The molecule has 0 radical (unpaired) electrons. The molecular weight excluding hydrogens is 430 g/mol. The average molecular weight is 466 g/mol. The molecule has 3 aromatic rings. The van der Waals surface area contributed by atoms with E-state index in [0.717, 1.165) is 61.0 Å². The van der Waals surface area contributed by atoms with Gasteiger partial charge < -0.3 is 19.4 Å². The molecule has 2 aromatic heterocycles. The van der Waals surface area contributed by atoms with Gasteiger partial charge in [0.05, 0.1) is 12.6 Å². The number of aromatic nitrogens is 3. The van der Waals surface area contributed by atoms with E-state index in [9.17, 15) is 9.90 Å². The highest BCUT2D eigenvalue weighted by Gasteiger charge is 2.26. The highest BCUT2D eigenvalue weighted by atomic mass is 16.4. The van der Waals surface area contributed by atoms with Gasteiger partial charge in [-0.15, -0.1) is 10.2 Å². The van der Waals surface area contributed by atoms with Gasteiger partial charge in [0, 0.05) is 31.6 Å². The van der Waals surface area contributed by atoms with Crippen LogP contribution < -0.4 is 5.32 Å². The second kappa shape index (κ2) is 10.5. The Hall–Kier alpha value is -2.97. The Kier molecular flexibility index (Phi) is 7.48. The molecule has 1 aliphatic rings. The number of amides is 1. The van der Waals surface area contributed by atoms with Crippen LogP contribution in [0, 0.1) is 19.8 Å². The van der Waals surface area contributed by atoms with Gasteiger partial charge in [-0.05, 0) is 50.5 Å². The number of aryl methyl sites for hydroxylation is 2. The molecule has 0 bridgehead atoms. The Morgan fingerprint density at radius 3 is 2.50 bits per heavy atom. The first kappa shape index (κ1) is 24.2. The minimum atomic E-state index is -0.210. The van der Waals surface area contributed by atoms with Crippen LogP contribution in [0.4, 0.5) is 0 Å². The molecule has 1 atom stereocenters. The van der Waals surface area contributed by atoms with E-state index in [-0.39, 0.29) is 18.6 Å². The molecule has 0 saturated carbocycles. The average Bonchev–Trinajstić information content (AvgIpc) is 3.35. The molecular formula is C26H35N5O3. The summed E-state index contributed by atoms with van der Waals surface area (Å²) in [6, 6.07) is 9.44. The maximum atomic E-state index is 13.1. The number of aliphatic hydroxyl groups excluding tert-OH is 1. The van der Waals surface area contributed by atoms with Crippen LogP contribution in [0.25, 0.3) is 0 Å². The van der Waals surface area contributed by atoms with Crippen molar-refractivity contribution in [3.05, 3.63) is 70.2 Å². The summed E-state index contributed by atoms with van der Waals surface area (Å²) in [5.41, 5.74) is 2.82. The summed E-state index contributed by atoms with van der Waals surface area (Å²) in [4.78, 5) is 15.5. The number of hydrogen-bond acceptors (Lipinski definition) is 6. The molecule has 34 heavy (non-hydrogen) atoms. The number of nitrogens with one attached hydrogen (secondary N) is 1. The van der Waals surface area contributed by atoms with Crippen molar-refractivity contribution in [2.45, 2.75) is 66.3 Å². The van der Waals surface area contributed by atoms with Crippen LogP contribution in [0.2, 0.25) is 0 Å². The van der Waals surface area contributed by atoms with Crippen LogP contribution >= 0.6 is 0 Å². The Morgan fingerprint density at radius 1 is 1.09 bits per heavy atom. The van der Waals surface area contributed by atoms with Gasteiger partial charge in [0.2, 0.25) is 0 Å². The number of hydrogen-bond donors (Lipinski definition) is 2. The summed E-state index contributed by atoms with van der Waals surface area (Å²) in [6.45, 7) is 11.3. The Balaban J connectivity index is 1.50. The third kappa shape index (κ3) is 5.74. The van der Waals surface area contributed by atoms with Gasteiger partial charge in [-0.2, -0.15) is 0 Å². The SMILES string of the molecule is Cc1cc(C)cc(C(=O)NC(CC(C)C)c2nnc3n2CCN(Cc2ccc(CO)o2)CC3)c1. The molecule has 2 N–H and O–H groups in total. The summed E-state index contributed by atoms with van der Waals surface area (Å²) in [7, 11) is 0. The fourth-order valence-electron chi connectivity index (χ4n) is 4.67. The van der Waals surface area contributed by atoms with Gasteiger partial charge in [-0.25, -0.2) is 0 Å². The fourth-order valence-corrected chi connectivity index (χ4v) is 4.67. The lowest BCUT2D eigenvalue weighted by atomic mass is 10.0. The highest BCUT2D eigenvalue weighted by Crippen LogP contribution is 2.24. The first-order chi connectivity index (χ1) is 16.3. The largest absolute Gasteiger partial charge is 0.462 e. The molecule has 1 aromatic carbocycles. The molecule has 0 spiro atoms. The van der Waals surface area contributed by atoms with Gasteiger partial charge >= 0.3 is 0 Å². The van der Waals surface area contributed by atoms with E-state index in [4.69, 9.17) is 4.42 Å². The van der Waals surface area contributed by atoms with Crippen molar-refractivity contribution in [3.8, 4) is 0 Å². The van der Waals surface area contributed by atoms with Gasteiger partial charge in [0.15, 0.2) is 5.82 Å². The second-order valence-electron chi connectivity index (χ2n) is 9.71. The van der Waals surface area contributed by atoms with E-state index in [1.807, 2.05) is 38.1 Å². The van der Waals surface area contributed by atoms with Gasteiger partial charge in [-0.1, -0.05) is 31.0 Å². The van der Waals surface area contributed by atoms with Crippen molar-refractivity contribution >= 4 is 5.91 Å². The predicted octanol–water partition coefficient (Wildman–Crippen LogP) is 3.56. The third-order valence-electron chi connectivity index (χ3n) is 6.21. The monoisotopic (exact) mass is 465 g/mol. The normalized spacial score (nSPS) is 15.2. The first-order valence-electron chi connectivity index (χ1n) is 12.0. The van der Waals surface area contributed by atoms with E-state index in [1.54, 1.807) is 0 Å². The predicted molar refractivity (Wildman–Crippen MR) is 129 cm³/mol. The molecule has 8 heteroatoms. The number of furan rings is 1. The molecule has 0 fully saturated rings. The standard InChI is InChI=1S/C26H35N5O3/c1-17(2)11-23(27-26(33)20-13-18(3)12-19(4)14-20)25-29-28-24-7-8-30(9-10-31(24)25)15-21-5-6-22(16-32)34-21/h5-6,12-14,17,23,32H,7-11,15-16H2,1-4H3,(H,27,33). The Labute approximate surface area is 201 Å². The summed E-state index contributed by atoms with van der Waals surface area (Å²) in [5.74, 6) is 3.51. The maximum Gasteiger partial charge on any atom is 0.251 e. The van der Waals surface area contributed by atoms with Crippen molar-refractivity contribution in [2.24, 2.45) is 5.92 Å². The van der Waals surface area contributed by atoms with E-state index >= 15 is 0 Å². The molecule has 8 nitrogen and oxygen atoms in total. The van der Waals surface area contributed by atoms with E-state index in [1.165, 1.54) is 0 Å². The van der Waals surface area contributed by atoms with Crippen LogP contribution in [0.15, 0.2) is 34.7 Å². The summed E-state index contributed by atoms with van der Waals surface area (Å²) >= 11 is 0. The van der Waals surface area contributed by atoms with Crippen LogP contribution in [-0.2, 0) is 26.1 Å². The molecule has 4 rings (SSSR count). The third-order valence-corrected chi connectivity index (χ3v) is 6.21. The van der Waals surface area contributed by atoms with Crippen LogP contribution in [0.1, 0.15) is 71.0 Å². The smallest absolute Gasteiger partial charge is 0.251 e. The molecule has 0 aliphatic carbocycles. The van der Waals surface area contributed by atoms with Gasteiger partial charge in [0.1, 0.15) is 24.0 Å². The van der Waals surface area contributed by atoms with Gasteiger partial charge in [0.25, 0.3) is 5.91 Å². The highest BCUT2D eigenvalue weighted by molar-refractivity contribution is 5.94. The fraction of sp³-hybridized carbons (Fsp3) is 0.500. The van der Waals surface area contributed by atoms with Crippen molar-refractivity contribution < 1.29 is 14.3 Å². The quantitative estimate of drug-likeness (QED) is 0.528. The summed E-state index contributed by atoms with van der Waals surface area (Å²) in [6.07, 6.45) is 1.56. The number of carbonyl (C=O) groups excluding carboxylic acids is 1. The molecule has 1 amide bonds. The Bertz CT molecular complexity index is 1110.